The third-order valence-electron chi connectivity index (χ3n) is 3.96. The van der Waals surface area contributed by atoms with Crippen molar-refractivity contribution in [2.75, 3.05) is 13.4 Å². The predicted octanol–water partition coefficient (Wildman–Crippen LogP) is 3.06. The molecule has 1 aromatic carbocycles. The summed E-state index contributed by atoms with van der Waals surface area (Å²) in [5, 5.41) is 5.82. The minimum absolute atomic E-state index is 0.170. The van der Waals surface area contributed by atoms with Crippen LogP contribution in [0.1, 0.15) is 30.4 Å². The van der Waals surface area contributed by atoms with Crippen molar-refractivity contribution in [3.05, 3.63) is 35.1 Å². The summed E-state index contributed by atoms with van der Waals surface area (Å²) in [7, 11) is 1.70. The van der Waals surface area contributed by atoms with E-state index in [0.717, 1.165) is 36.1 Å². The van der Waals surface area contributed by atoms with Crippen LogP contribution in [0.4, 0.5) is 9.18 Å². The van der Waals surface area contributed by atoms with Crippen molar-refractivity contribution >= 4 is 17.8 Å². The molecule has 2 amide bonds. The molecule has 2 unspecified atom stereocenters. The summed E-state index contributed by atoms with van der Waals surface area (Å²) >= 11 is 1.63. The monoisotopic (exact) mass is 326 g/mol. The van der Waals surface area contributed by atoms with E-state index in [1.54, 1.807) is 24.9 Å². The maximum atomic E-state index is 13.3. The molecule has 1 fully saturated rings. The summed E-state index contributed by atoms with van der Waals surface area (Å²) in [6, 6.07) is 4.69. The Labute approximate surface area is 135 Å². The number of carbonyl (C=O) groups excluding carboxylic acids is 1. The van der Waals surface area contributed by atoms with Crippen molar-refractivity contribution in [1.29, 1.82) is 0 Å². The lowest BCUT2D eigenvalue weighted by atomic mass is 10.1. The number of urea groups is 1. The number of ether oxygens (including phenoxy) is 1. The van der Waals surface area contributed by atoms with Gasteiger partial charge in [0.25, 0.3) is 0 Å². The molecular formula is C16H23FN2O2S. The van der Waals surface area contributed by atoms with Gasteiger partial charge in [-0.3, -0.25) is 0 Å². The largest absolute Gasteiger partial charge is 0.381 e. The van der Waals surface area contributed by atoms with E-state index < -0.39 is 0 Å². The number of halogens is 1. The number of nitrogens with one attached hydrogen (secondary N) is 2. The lowest BCUT2D eigenvalue weighted by molar-refractivity contribution is 0.107. The number of hydrogen-bond acceptors (Lipinski definition) is 3. The zero-order valence-electron chi connectivity index (χ0n) is 13.0. The fraction of sp³-hybridized carbons (Fsp3) is 0.562. The van der Waals surface area contributed by atoms with E-state index in [0.29, 0.717) is 6.54 Å². The third-order valence-corrected chi connectivity index (χ3v) is 4.56. The second-order valence-corrected chi connectivity index (χ2v) is 6.41. The molecule has 22 heavy (non-hydrogen) atoms. The molecule has 1 aromatic rings. The van der Waals surface area contributed by atoms with E-state index in [2.05, 4.69) is 10.6 Å². The summed E-state index contributed by atoms with van der Waals surface area (Å²) in [4.78, 5) is 12.0. The first-order valence-corrected chi connectivity index (χ1v) is 8.85. The Bertz CT molecular complexity index is 513. The lowest BCUT2D eigenvalue weighted by Crippen LogP contribution is -2.41. The van der Waals surface area contributed by atoms with Gasteiger partial charge in [-0.2, -0.15) is 11.8 Å². The van der Waals surface area contributed by atoms with E-state index in [9.17, 15) is 9.18 Å². The molecule has 4 nitrogen and oxygen atoms in total. The molecule has 1 aliphatic rings. The van der Waals surface area contributed by atoms with Gasteiger partial charge in [0, 0.05) is 25.4 Å². The first-order valence-electron chi connectivity index (χ1n) is 7.45. The number of amides is 2. The van der Waals surface area contributed by atoms with Crippen molar-refractivity contribution in [3.8, 4) is 0 Å². The molecule has 0 aromatic heterocycles. The Kier molecular flexibility index (Phi) is 6.51. The highest BCUT2D eigenvalue weighted by atomic mass is 32.2. The van der Waals surface area contributed by atoms with Crippen LogP contribution in [0.25, 0.3) is 0 Å². The molecule has 122 valence electrons. The molecule has 0 heterocycles. The van der Waals surface area contributed by atoms with Crippen LogP contribution < -0.4 is 10.6 Å². The minimum atomic E-state index is -0.242. The zero-order chi connectivity index (χ0) is 15.9. The van der Waals surface area contributed by atoms with Crippen LogP contribution in [0, 0.1) is 5.82 Å². The van der Waals surface area contributed by atoms with Gasteiger partial charge in [0.1, 0.15) is 5.82 Å². The van der Waals surface area contributed by atoms with Gasteiger partial charge >= 0.3 is 6.03 Å². The molecule has 2 rings (SSSR count). The smallest absolute Gasteiger partial charge is 0.315 e. The average Bonchev–Trinajstić information content (AvgIpc) is 2.94. The molecule has 0 spiro atoms. The number of benzene rings is 1. The van der Waals surface area contributed by atoms with E-state index >= 15 is 0 Å². The van der Waals surface area contributed by atoms with Crippen LogP contribution in [0.5, 0.6) is 0 Å². The Morgan fingerprint density at radius 3 is 2.91 bits per heavy atom. The van der Waals surface area contributed by atoms with E-state index in [1.165, 1.54) is 12.1 Å². The highest BCUT2D eigenvalue weighted by Gasteiger charge is 2.25. The summed E-state index contributed by atoms with van der Waals surface area (Å²) in [6.45, 7) is 0.405. The Morgan fingerprint density at radius 2 is 2.23 bits per heavy atom. The first kappa shape index (κ1) is 17.1. The summed E-state index contributed by atoms with van der Waals surface area (Å²) in [5.74, 6) is 0.489. The van der Waals surface area contributed by atoms with Gasteiger partial charge in [-0.1, -0.05) is 6.07 Å². The van der Waals surface area contributed by atoms with Crippen molar-refractivity contribution in [2.45, 2.75) is 43.7 Å². The SMILES string of the molecule is COC1CCC(NC(=O)NCc2ccc(F)cc2CSC)C1. The standard InChI is InChI=1S/C16H23FN2O2S/c1-21-15-6-5-14(8-15)19-16(20)18-9-11-3-4-13(17)7-12(11)10-22-2/h3-4,7,14-15H,5-6,8-10H2,1-2H3,(H2,18,19,20). The van der Waals surface area contributed by atoms with Crippen LogP contribution in [0.3, 0.4) is 0 Å². The number of rotatable bonds is 6. The number of hydrogen-bond donors (Lipinski definition) is 2. The predicted molar refractivity (Wildman–Crippen MR) is 87.4 cm³/mol. The van der Waals surface area contributed by atoms with Gasteiger partial charge < -0.3 is 15.4 Å². The second kappa shape index (κ2) is 8.39. The van der Waals surface area contributed by atoms with Crippen molar-refractivity contribution in [1.82, 2.24) is 10.6 Å². The number of carbonyl (C=O) groups is 1. The molecule has 0 radical (unpaired) electrons. The van der Waals surface area contributed by atoms with Crippen LogP contribution in [-0.2, 0) is 17.0 Å². The lowest BCUT2D eigenvalue weighted by Gasteiger charge is -2.15. The topological polar surface area (TPSA) is 50.4 Å². The van der Waals surface area contributed by atoms with Crippen molar-refractivity contribution < 1.29 is 13.9 Å². The van der Waals surface area contributed by atoms with Crippen molar-refractivity contribution in [3.63, 3.8) is 0 Å². The molecule has 2 N–H and O–H groups in total. The minimum Gasteiger partial charge on any atom is -0.381 e. The van der Waals surface area contributed by atoms with E-state index in [-0.39, 0.29) is 24.0 Å². The second-order valence-electron chi connectivity index (χ2n) is 5.54. The van der Waals surface area contributed by atoms with Gasteiger partial charge in [0.2, 0.25) is 0 Å². The Hall–Kier alpha value is -1.27. The first-order chi connectivity index (χ1) is 10.6. The zero-order valence-corrected chi connectivity index (χ0v) is 13.8. The van der Waals surface area contributed by atoms with Gasteiger partial charge in [-0.25, -0.2) is 9.18 Å². The highest BCUT2D eigenvalue weighted by Crippen LogP contribution is 2.21. The molecule has 2 atom stereocenters. The number of methoxy groups -OCH3 is 1. The van der Waals surface area contributed by atoms with Crippen LogP contribution in [0.2, 0.25) is 0 Å². The summed E-state index contributed by atoms with van der Waals surface area (Å²) in [5.41, 5.74) is 1.88. The van der Waals surface area contributed by atoms with Gasteiger partial charge in [0.15, 0.2) is 0 Å². The summed E-state index contributed by atoms with van der Waals surface area (Å²) < 4.78 is 18.6. The molecule has 0 aliphatic heterocycles. The molecule has 1 saturated carbocycles. The van der Waals surface area contributed by atoms with Crippen LogP contribution in [0.15, 0.2) is 18.2 Å². The normalized spacial score (nSPS) is 20.9. The van der Waals surface area contributed by atoms with E-state index in [1.807, 2.05) is 6.26 Å². The average molecular weight is 326 g/mol. The van der Waals surface area contributed by atoms with Crippen molar-refractivity contribution in [2.24, 2.45) is 0 Å². The van der Waals surface area contributed by atoms with Crippen LogP contribution >= 0.6 is 11.8 Å². The number of thioether (sulfide) groups is 1. The van der Waals surface area contributed by atoms with Gasteiger partial charge in [-0.15, -0.1) is 0 Å². The maximum absolute atomic E-state index is 13.3. The van der Waals surface area contributed by atoms with Gasteiger partial charge in [-0.05, 0) is 48.8 Å². The Balaban J connectivity index is 1.83. The molecular weight excluding hydrogens is 303 g/mol. The molecule has 1 aliphatic carbocycles. The Morgan fingerprint density at radius 1 is 1.41 bits per heavy atom. The van der Waals surface area contributed by atoms with Gasteiger partial charge in [0.05, 0.1) is 6.10 Å². The summed E-state index contributed by atoms with van der Waals surface area (Å²) in [6.07, 6.45) is 5.01. The molecule has 6 heteroatoms. The molecule has 0 saturated heterocycles. The fourth-order valence-electron chi connectivity index (χ4n) is 2.75. The molecule has 0 bridgehead atoms. The third kappa shape index (κ3) is 4.88. The fourth-order valence-corrected chi connectivity index (χ4v) is 3.33. The highest BCUT2D eigenvalue weighted by molar-refractivity contribution is 7.97. The van der Waals surface area contributed by atoms with E-state index in [4.69, 9.17) is 4.74 Å². The maximum Gasteiger partial charge on any atom is 0.315 e. The quantitative estimate of drug-likeness (QED) is 0.845. The van der Waals surface area contributed by atoms with Crippen LogP contribution in [-0.4, -0.2) is 31.5 Å².